The van der Waals surface area contributed by atoms with Gasteiger partial charge in [0, 0.05) is 17.0 Å². The average Bonchev–Trinajstić information content (AvgIpc) is 2.20. The van der Waals surface area contributed by atoms with Crippen LogP contribution in [0, 0.1) is 0 Å². The largest absolute Gasteiger partial charge is 0.508 e. The first-order valence-corrected chi connectivity index (χ1v) is 5.08. The number of phenolic OH excluding ortho intramolecular Hbond substituents is 1. The van der Waals surface area contributed by atoms with Crippen LogP contribution < -0.4 is 5.73 Å². The molecule has 0 saturated heterocycles. The smallest absolute Gasteiger partial charge is 0.403 e. The molecule has 0 aliphatic carbocycles. The van der Waals surface area contributed by atoms with Crippen LogP contribution in [0.2, 0.25) is 5.02 Å². The molecule has 96 valence electrons. The monoisotopic (exact) mass is 269 g/mol. The Labute approximate surface area is 101 Å². The number of aliphatic hydroxyl groups excluding tert-OH is 1. The van der Waals surface area contributed by atoms with Crippen LogP contribution in [0.4, 0.5) is 13.2 Å². The number of benzene rings is 1. The Kier molecular flexibility index (Phi) is 4.24. The summed E-state index contributed by atoms with van der Waals surface area (Å²) in [5.74, 6) is -0.323. The molecule has 3 nitrogen and oxygen atoms in total. The van der Waals surface area contributed by atoms with Crippen molar-refractivity contribution in [2.24, 2.45) is 5.73 Å². The van der Waals surface area contributed by atoms with E-state index < -0.39 is 24.7 Å². The lowest BCUT2D eigenvalue weighted by Gasteiger charge is -2.19. The van der Waals surface area contributed by atoms with E-state index in [2.05, 4.69) is 0 Å². The fourth-order valence-corrected chi connectivity index (χ4v) is 1.47. The summed E-state index contributed by atoms with van der Waals surface area (Å²) >= 11 is 5.61. The highest BCUT2D eigenvalue weighted by Crippen LogP contribution is 2.32. The predicted octanol–water partition coefficient (Wildman–Crippen LogP) is 2.36. The maximum Gasteiger partial charge on any atom is 0.403 e. The Hall–Kier alpha value is -0.980. The Morgan fingerprint density at radius 3 is 2.47 bits per heavy atom. The molecule has 0 aliphatic rings. The topological polar surface area (TPSA) is 66.5 Å². The molecule has 0 heterocycles. The second kappa shape index (κ2) is 5.12. The number of rotatable bonds is 3. The van der Waals surface area contributed by atoms with Gasteiger partial charge in [-0.25, -0.2) is 0 Å². The molecule has 0 aliphatic heterocycles. The van der Waals surface area contributed by atoms with Crippen LogP contribution in [0.1, 0.15) is 18.1 Å². The van der Waals surface area contributed by atoms with Gasteiger partial charge in [0.25, 0.3) is 0 Å². The van der Waals surface area contributed by atoms with Gasteiger partial charge in [0.05, 0.1) is 6.10 Å². The maximum atomic E-state index is 12.2. The first-order valence-electron chi connectivity index (χ1n) is 4.70. The van der Waals surface area contributed by atoms with Crippen LogP contribution >= 0.6 is 11.6 Å². The van der Waals surface area contributed by atoms with E-state index in [1.807, 2.05) is 0 Å². The van der Waals surface area contributed by atoms with Crippen LogP contribution in [0.5, 0.6) is 5.75 Å². The van der Waals surface area contributed by atoms with E-state index in [1.54, 1.807) is 0 Å². The van der Waals surface area contributed by atoms with E-state index in [4.69, 9.17) is 17.3 Å². The third kappa shape index (κ3) is 3.76. The summed E-state index contributed by atoms with van der Waals surface area (Å²) < 4.78 is 36.5. The SMILES string of the molecule is N[C@H](C[C@@H](O)c1cc(Cl)ccc1O)C(F)(F)F. The van der Waals surface area contributed by atoms with Crippen molar-refractivity contribution in [1.29, 1.82) is 0 Å². The molecule has 0 unspecified atom stereocenters. The van der Waals surface area contributed by atoms with Crippen molar-refractivity contribution in [3.05, 3.63) is 28.8 Å². The van der Waals surface area contributed by atoms with Gasteiger partial charge in [-0.1, -0.05) is 11.6 Å². The van der Waals surface area contributed by atoms with Gasteiger partial charge in [0.1, 0.15) is 11.8 Å². The first kappa shape index (κ1) is 14.1. The zero-order chi connectivity index (χ0) is 13.2. The van der Waals surface area contributed by atoms with Gasteiger partial charge in [0.15, 0.2) is 0 Å². The number of phenols is 1. The molecule has 17 heavy (non-hydrogen) atoms. The Morgan fingerprint density at radius 1 is 1.35 bits per heavy atom. The van der Waals surface area contributed by atoms with Crippen LogP contribution in [0.3, 0.4) is 0 Å². The van der Waals surface area contributed by atoms with E-state index >= 15 is 0 Å². The number of halogens is 4. The van der Waals surface area contributed by atoms with Crippen molar-refractivity contribution in [3.63, 3.8) is 0 Å². The average molecular weight is 270 g/mol. The van der Waals surface area contributed by atoms with E-state index in [1.165, 1.54) is 18.2 Å². The summed E-state index contributed by atoms with van der Waals surface area (Å²) in [5, 5.41) is 19.1. The predicted molar refractivity (Wildman–Crippen MR) is 56.7 cm³/mol. The van der Waals surface area contributed by atoms with Gasteiger partial charge in [-0.2, -0.15) is 13.2 Å². The van der Waals surface area contributed by atoms with Crippen molar-refractivity contribution in [3.8, 4) is 5.75 Å². The summed E-state index contributed by atoms with van der Waals surface area (Å²) in [6.45, 7) is 0. The Bertz CT molecular complexity index is 398. The van der Waals surface area contributed by atoms with Gasteiger partial charge in [-0.15, -0.1) is 0 Å². The molecule has 1 aromatic carbocycles. The number of hydrogen-bond donors (Lipinski definition) is 3. The zero-order valence-electron chi connectivity index (χ0n) is 8.58. The number of nitrogens with two attached hydrogens (primary N) is 1. The van der Waals surface area contributed by atoms with Crippen LogP contribution in [-0.2, 0) is 0 Å². The lowest BCUT2D eigenvalue weighted by molar-refractivity contribution is -0.153. The third-order valence-electron chi connectivity index (χ3n) is 2.25. The molecule has 4 N–H and O–H groups in total. The minimum Gasteiger partial charge on any atom is -0.508 e. The van der Waals surface area contributed by atoms with Crippen molar-refractivity contribution in [2.75, 3.05) is 0 Å². The molecule has 0 amide bonds. The lowest BCUT2D eigenvalue weighted by Crippen LogP contribution is -2.38. The van der Waals surface area contributed by atoms with Gasteiger partial charge in [0.2, 0.25) is 0 Å². The molecule has 0 radical (unpaired) electrons. The van der Waals surface area contributed by atoms with E-state index in [0.717, 1.165) is 0 Å². The van der Waals surface area contributed by atoms with E-state index in [9.17, 15) is 23.4 Å². The fourth-order valence-electron chi connectivity index (χ4n) is 1.29. The lowest BCUT2D eigenvalue weighted by atomic mass is 10.0. The second-order valence-electron chi connectivity index (χ2n) is 3.60. The molecule has 0 aromatic heterocycles. The Morgan fingerprint density at radius 2 is 1.94 bits per heavy atom. The fraction of sp³-hybridized carbons (Fsp3) is 0.400. The molecular weight excluding hydrogens is 259 g/mol. The minimum atomic E-state index is -4.59. The molecule has 2 atom stereocenters. The van der Waals surface area contributed by atoms with Crippen LogP contribution in [0.25, 0.3) is 0 Å². The molecule has 1 aromatic rings. The second-order valence-corrected chi connectivity index (χ2v) is 4.04. The summed E-state index contributed by atoms with van der Waals surface area (Å²) in [7, 11) is 0. The van der Waals surface area contributed by atoms with E-state index in [0.29, 0.717) is 0 Å². The molecule has 0 bridgehead atoms. The molecule has 0 spiro atoms. The number of hydrogen-bond acceptors (Lipinski definition) is 3. The third-order valence-corrected chi connectivity index (χ3v) is 2.48. The number of aliphatic hydroxyl groups is 1. The highest BCUT2D eigenvalue weighted by atomic mass is 35.5. The standard InChI is InChI=1S/C10H11ClF3NO2/c11-5-1-2-7(16)6(3-5)8(17)4-9(15)10(12,13)14/h1-3,8-9,16-17H,4,15H2/t8-,9-/m1/s1. The minimum absolute atomic E-state index is 0.0720. The highest BCUT2D eigenvalue weighted by Gasteiger charge is 2.38. The normalized spacial score (nSPS) is 15.6. The van der Waals surface area contributed by atoms with Crippen molar-refractivity contribution >= 4 is 11.6 Å². The number of alkyl halides is 3. The van der Waals surface area contributed by atoms with Crippen LogP contribution in [-0.4, -0.2) is 22.4 Å². The van der Waals surface area contributed by atoms with Crippen molar-refractivity contribution in [1.82, 2.24) is 0 Å². The van der Waals surface area contributed by atoms with Crippen molar-refractivity contribution in [2.45, 2.75) is 24.7 Å². The van der Waals surface area contributed by atoms with Crippen LogP contribution in [0.15, 0.2) is 18.2 Å². The van der Waals surface area contributed by atoms with Gasteiger partial charge < -0.3 is 15.9 Å². The maximum absolute atomic E-state index is 12.2. The summed E-state index contributed by atoms with van der Waals surface area (Å²) in [4.78, 5) is 0. The summed E-state index contributed by atoms with van der Waals surface area (Å²) in [6.07, 6.45) is -6.85. The molecular formula is C10H11ClF3NO2. The zero-order valence-corrected chi connectivity index (χ0v) is 9.33. The van der Waals surface area contributed by atoms with Gasteiger partial charge in [-0.3, -0.25) is 0 Å². The highest BCUT2D eigenvalue weighted by molar-refractivity contribution is 6.30. The number of aromatic hydroxyl groups is 1. The summed E-state index contributed by atoms with van der Waals surface area (Å²) in [5.41, 5.74) is 4.81. The molecule has 1 rings (SSSR count). The van der Waals surface area contributed by atoms with Gasteiger partial charge in [-0.05, 0) is 18.2 Å². The molecule has 7 heteroatoms. The van der Waals surface area contributed by atoms with E-state index in [-0.39, 0.29) is 16.3 Å². The Balaban J connectivity index is 2.83. The molecule has 0 saturated carbocycles. The molecule has 0 fully saturated rings. The van der Waals surface area contributed by atoms with Gasteiger partial charge >= 0.3 is 6.18 Å². The van der Waals surface area contributed by atoms with Crippen molar-refractivity contribution < 1.29 is 23.4 Å². The first-order chi connectivity index (χ1) is 7.71. The summed E-state index contributed by atoms with van der Waals surface area (Å²) in [6, 6.07) is 1.59. The quantitative estimate of drug-likeness (QED) is 0.789.